The summed E-state index contributed by atoms with van der Waals surface area (Å²) in [6.45, 7) is 10.4. The van der Waals surface area contributed by atoms with E-state index in [1.807, 2.05) is 31.2 Å². The first kappa shape index (κ1) is 24.0. The Balaban J connectivity index is 1.73. The Morgan fingerprint density at radius 2 is 1.97 bits per heavy atom. The Hall–Kier alpha value is -2.64. The molecule has 1 amide bonds. The summed E-state index contributed by atoms with van der Waals surface area (Å²) in [5, 5.41) is 10.7. The van der Waals surface area contributed by atoms with Crippen molar-refractivity contribution in [1.29, 1.82) is 0 Å². The number of aliphatic hydroxyl groups is 1. The lowest BCUT2D eigenvalue weighted by Gasteiger charge is -2.25. The second-order valence-corrected chi connectivity index (χ2v) is 9.49. The van der Waals surface area contributed by atoms with Crippen LogP contribution >= 0.6 is 0 Å². The van der Waals surface area contributed by atoms with Crippen LogP contribution in [0.5, 0.6) is 11.5 Å². The summed E-state index contributed by atoms with van der Waals surface area (Å²) in [4.78, 5) is 17.8. The zero-order valence-electron chi connectivity index (χ0n) is 19.5. The summed E-state index contributed by atoms with van der Waals surface area (Å²) in [7, 11) is 0. The maximum absolute atomic E-state index is 11.2. The number of hydrogen-bond donors (Lipinski definition) is 2. The number of amides is 1. The third kappa shape index (κ3) is 6.43. The molecule has 0 spiro atoms. The molecule has 1 saturated heterocycles. The highest BCUT2D eigenvalue weighted by atomic mass is 16.5. The summed E-state index contributed by atoms with van der Waals surface area (Å²) in [5.41, 5.74) is 8.29. The molecule has 2 heterocycles. The third-order valence-corrected chi connectivity index (χ3v) is 5.83. The minimum absolute atomic E-state index is 0.00748. The highest BCUT2D eigenvalue weighted by Gasteiger charge is 2.27. The SMILES string of the molecule is Cc1ncccc1O[C@H]1CCN(Cc2cc(C(C)(C)C)ccc2OCC(N)=O)CC[C@@H]1O. The van der Waals surface area contributed by atoms with Gasteiger partial charge in [-0.25, -0.2) is 0 Å². The average molecular weight is 442 g/mol. The van der Waals surface area contributed by atoms with Crippen molar-refractivity contribution in [1.82, 2.24) is 9.88 Å². The van der Waals surface area contributed by atoms with Gasteiger partial charge in [-0.05, 0) is 48.9 Å². The zero-order chi connectivity index (χ0) is 23.3. The van der Waals surface area contributed by atoms with Crippen molar-refractivity contribution in [2.45, 2.75) is 64.7 Å². The molecule has 0 unspecified atom stereocenters. The van der Waals surface area contributed by atoms with Crippen LogP contribution in [-0.2, 0) is 16.8 Å². The number of primary amides is 1. The Bertz CT molecular complexity index is 926. The van der Waals surface area contributed by atoms with Crippen molar-refractivity contribution in [3.05, 3.63) is 53.3 Å². The van der Waals surface area contributed by atoms with Crippen LogP contribution in [-0.4, -0.2) is 52.8 Å². The van der Waals surface area contributed by atoms with Crippen LogP contribution in [0.1, 0.15) is 50.4 Å². The van der Waals surface area contributed by atoms with Crippen molar-refractivity contribution in [3.8, 4) is 11.5 Å². The first-order chi connectivity index (χ1) is 15.1. The number of nitrogens with two attached hydrogens (primary N) is 1. The van der Waals surface area contributed by atoms with E-state index in [2.05, 4.69) is 36.7 Å². The molecule has 1 aliphatic rings. The van der Waals surface area contributed by atoms with Gasteiger partial charge >= 0.3 is 0 Å². The van der Waals surface area contributed by atoms with Gasteiger partial charge in [0.2, 0.25) is 0 Å². The van der Waals surface area contributed by atoms with E-state index in [0.717, 1.165) is 24.3 Å². The first-order valence-corrected chi connectivity index (χ1v) is 11.2. The zero-order valence-corrected chi connectivity index (χ0v) is 19.5. The van der Waals surface area contributed by atoms with Crippen molar-refractivity contribution in [2.75, 3.05) is 19.7 Å². The normalized spacial score (nSPS) is 19.9. The molecule has 32 heavy (non-hydrogen) atoms. The number of nitrogens with zero attached hydrogens (tertiary/aromatic N) is 2. The fraction of sp³-hybridized carbons (Fsp3) is 0.520. The summed E-state index contributed by atoms with van der Waals surface area (Å²) in [5.74, 6) is 0.879. The van der Waals surface area contributed by atoms with Gasteiger partial charge in [-0.15, -0.1) is 0 Å². The molecule has 0 bridgehead atoms. The predicted octanol–water partition coefficient (Wildman–Crippen LogP) is 2.96. The fourth-order valence-electron chi connectivity index (χ4n) is 3.87. The molecule has 0 radical (unpaired) electrons. The van der Waals surface area contributed by atoms with E-state index in [1.54, 1.807) is 6.20 Å². The maximum Gasteiger partial charge on any atom is 0.255 e. The van der Waals surface area contributed by atoms with Gasteiger partial charge in [0.05, 0.1) is 11.8 Å². The van der Waals surface area contributed by atoms with E-state index >= 15 is 0 Å². The topological polar surface area (TPSA) is 97.9 Å². The van der Waals surface area contributed by atoms with Crippen LogP contribution < -0.4 is 15.2 Å². The molecule has 0 aliphatic carbocycles. The summed E-state index contributed by atoms with van der Waals surface area (Å²) < 4.78 is 11.8. The average Bonchev–Trinajstić information content (AvgIpc) is 2.90. The van der Waals surface area contributed by atoms with E-state index < -0.39 is 12.0 Å². The quantitative estimate of drug-likeness (QED) is 0.686. The molecule has 7 nitrogen and oxygen atoms in total. The van der Waals surface area contributed by atoms with Gasteiger partial charge in [-0.2, -0.15) is 0 Å². The monoisotopic (exact) mass is 441 g/mol. The van der Waals surface area contributed by atoms with E-state index in [1.165, 1.54) is 5.56 Å². The molecule has 174 valence electrons. The summed E-state index contributed by atoms with van der Waals surface area (Å²) in [6.07, 6.45) is 2.21. The fourth-order valence-corrected chi connectivity index (χ4v) is 3.87. The van der Waals surface area contributed by atoms with Crippen LogP contribution in [0.2, 0.25) is 0 Å². The van der Waals surface area contributed by atoms with Gasteiger partial charge in [0.15, 0.2) is 6.61 Å². The Kier molecular flexibility index (Phi) is 7.74. The third-order valence-electron chi connectivity index (χ3n) is 5.83. The van der Waals surface area contributed by atoms with Crippen molar-refractivity contribution in [3.63, 3.8) is 0 Å². The van der Waals surface area contributed by atoms with E-state index in [9.17, 15) is 9.90 Å². The van der Waals surface area contributed by atoms with Crippen LogP contribution in [0.15, 0.2) is 36.5 Å². The highest BCUT2D eigenvalue weighted by Crippen LogP contribution is 2.30. The molecule has 2 aromatic rings. The number of aryl methyl sites for hydroxylation is 1. The molecule has 0 saturated carbocycles. The maximum atomic E-state index is 11.2. The lowest BCUT2D eigenvalue weighted by molar-refractivity contribution is -0.119. The van der Waals surface area contributed by atoms with Gasteiger partial charge in [0, 0.05) is 31.4 Å². The van der Waals surface area contributed by atoms with Gasteiger partial charge < -0.3 is 20.3 Å². The first-order valence-electron chi connectivity index (χ1n) is 11.2. The second kappa shape index (κ2) is 10.3. The summed E-state index contributed by atoms with van der Waals surface area (Å²) >= 11 is 0. The Morgan fingerprint density at radius 1 is 1.22 bits per heavy atom. The smallest absolute Gasteiger partial charge is 0.255 e. The van der Waals surface area contributed by atoms with Crippen LogP contribution in [0.25, 0.3) is 0 Å². The summed E-state index contributed by atoms with van der Waals surface area (Å²) in [6, 6.07) is 9.82. The van der Waals surface area contributed by atoms with Crippen molar-refractivity contribution in [2.24, 2.45) is 5.73 Å². The largest absolute Gasteiger partial charge is 0.486 e. The molecule has 1 aliphatic heterocycles. The molecule has 1 aromatic carbocycles. The lowest BCUT2D eigenvalue weighted by atomic mass is 9.86. The van der Waals surface area contributed by atoms with Gasteiger partial charge in [0.25, 0.3) is 5.91 Å². The minimum atomic E-state index is -0.550. The number of aromatic nitrogens is 1. The van der Waals surface area contributed by atoms with Crippen LogP contribution in [0.4, 0.5) is 0 Å². The van der Waals surface area contributed by atoms with Crippen LogP contribution in [0, 0.1) is 6.92 Å². The Morgan fingerprint density at radius 3 is 2.66 bits per heavy atom. The lowest BCUT2D eigenvalue weighted by Crippen LogP contribution is -2.31. The number of carbonyl (C=O) groups excluding carboxylic acids is 1. The molecule has 1 aromatic heterocycles. The number of ether oxygens (including phenoxy) is 2. The molecule has 3 rings (SSSR count). The number of carbonyl (C=O) groups is 1. The number of likely N-dealkylation sites (tertiary alicyclic amines) is 1. The van der Waals surface area contributed by atoms with E-state index in [0.29, 0.717) is 30.9 Å². The number of rotatable bonds is 7. The van der Waals surface area contributed by atoms with Gasteiger partial charge in [-0.1, -0.05) is 32.9 Å². The number of aliphatic hydroxyl groups excluding tert-OH is 1. The van der Waals surface area contributed by atoms with E-state index in [-0.39, 0.29) is 18.1 Å². The van der Waals surface area contributed by atoms with Gasteiger partial charge in [-0.3, -0.25) is 14.7 Å². The highest BCUT2D eigenvalue weighted by molar-refractivity contribution is 5.75. The minimum Gasteiger partial charge on any atom is -0.486 e. The Labute approximate surface area is 190 Å². The van der Waals surface area contributed by atoms with Crippen LogP contribution in [0.3, 0.4) is 0 Å². The second-order valence-electron chi connectivity index (χ2n) is 9.49. The molecule has 1 fully saturated rings. The predicted molar refractivity (Wildman–Crippen MR) is 124 cm³/mol. The van der Waals surface area contributed by atoms with E-state index in [4.69, 9.17) is 15.2 Å². The molecule has 3 N–H and O–H groups in total. The molecular weight excluding hydrogens is 406 g/mol. The number of benzene rings is 1. The number of hydrogen-bond acceptors (Lipinski definition) is 6. The molecule has 7 heteroatoms. The van der Waals surface area contributed by atoms with Crippen molar-refractivity contribution < 1.29 is 19.4 Å². The number of pyridine rings is 1. The van der Waals surface area contributed by atoms with Gasteiger partial charge in [0.1, 0.15) is 17.6 Å². The molecule has 2 atom stereocenters. The standard InChI is InChI=1S/C25H35N3O4/c1-17-21(6-5-11-27-17)32-23-10-13-28(12-9-20(23)29)15-18-14-19(25(2,3)4)7-8-22(18)31-16-24(26)30/h5-8,11,14,20,23,29H,9-10,12-13,15-16H2,1-4H3,(H2,26,30)/t20-,23-/m0/s1. The molecular formula is C25H35N3O4. The van der Waals surface area contributed by atoms with Crippen molar-refractivity contribution >= 4 is 5.91 Å².